The van der Waals surface area contributed by atoms with Gasteiger partial charge in [0, 0.05) is 12.6 Å². The zero-order chi connectivity index (χ0) is 21.3. The van der Waals surface area contributed by atoms with Crippen molar-refractivity contribution in [1.82, 2.24) is 10.2 Å². The first-order valence-corrected chi connectivity index (χ1v) is 10.2. The van der Waals surface area contributed by atoms with Crippen molar-refractivity contribution in [2.45, 2.75) is 25.3 Å². The van der Waals surface area contributed by atoms with Crippen molar-refractivity contribution in [3.05, 3.63) is 47.9 Å². The number of rotatable bonds is 9. The van der Waals surface area contributed by atoms with Gasteiger partial charge in [-0.05, 0) is 61.8 Å². The molecule has 0 bridgehead atoms. The molecular formula is C23H30N2O5. The molecule has 3 rings (SSSR count). The molecule has 2 aromatic rings. The third-order valence-electron chi connectivity index (χ3n) is 5.29. The molecule has 1 saturated heterocycles. The Hall–Kier alpha value is -2.93. The Morgan fingerprint density at radius 3 is 2.40 bits per heavy atom. The molecule has 1 aromatic heterocycles. The highest BCUT2D eigenvalue weighted by molar-refractivity contribution is 5.91. The zero-order valence-electron chi connectivity index (χ0n) is 17.8. The van der Waals surface area contributed by atoms with Crippen molar-refractivity contribution in [2.75, 3.05) is 41.0 Å². The van der Waals surface area contributed by atoms with Crippen LogP contribution in [0.3, 0.4) is 0 Å². The highest BCUT2D eigenvalue weighted by atomic mass is 16.5. The van der Waals surface area contributed by atoms with Gasteiger partial charge < -0.3 is 23.9 Å². The molecule has 30 heavy (non-hydrogen) atoms. The van der Waals surface area contributed by atoms with Crippen LogP contribution in [-0.4, -0.2) is 51.8 Å². The number of hydrogen-bond donors (Lipinski definition) is 1. The van der Waals surface area contributed by atoms with Crippen LogP contribution < -0.4 is 19.5 Å². The molecule has 1 aliphatic rings. The second-order valence-electron chi connectivity index (χ2n) is 7.17. The Kier molecular flexibility index (Phi) is 7.79. The Morgan fingerprint density at radius 2 is 1.83 bits per heavy atom. The summed E-state index contributed by atoms with van der Waals surface area (Å²) in [6, 6.07) is 7.49. The molecular weight excluding hydrogens is 384 g/mol. The number of nitrogens with zero attached hydrogens (tertiary/aromatic N) is 1. The highest BCUT2D eigenvalue weighted by Gasteiger charge is 2.24. The highest BCUT2D eigenvalue weighted by Crippen LogP contribution is 2.38. The van der Waals surface area contributed by atoms with Crippen LogP contribution in [0.25, 0.3) is 6.08 Å². The van der Waals surface area contributed by atoms with Crippen LogP contribution in [0.2, 0.25) is 0 Å². The molecule has 1 fully saturated rings. The number of carbonyl (C=O) groups excluding carboxylic acids is 1. The summed E-state index contributed by atoms with van der Waals surface area (Å²) in [6.45, 7) is 2.52. The van der Waals surface area contributed by atoms with E-state index in [9.17, 15) is 4.79 Å². The number of piperidine rings is 1. The molecule has 0 spiro atoms. The molecule has 0 aliphatic carbocycles. The summed E-state index contributed by atoms with van der Waals surface area (Å²) < 4.78 is 21.7. The van der Waals surface area contributed by atoms with Gasteiger partial charge in [-0.25, -0.2) is 0 Å². The SMILES string of the molecule is COc1cc(/C=C/C(=O)NC[C@@H](c2ccco2)N2CCCCC2)cc(OC)c1OC. The third-order valence-corrected chi connectivity index (χ3v) is 5.29. The van der Waals surface area contributed by atoms with Crippen LogP contribution in [0.1, 0.15) is 36.6 Å². The molecule has 0 saturated carbocycles. The number of carbonyl (C=O) groups is 1. The lowest BCUT2D eigenvalue weighted by Gasteiger charge is -2.33. The van der Waals surface area contributed by atoms with Gasteiger partial charge in [-0.3, -0.25) is 9.69 Å². The van der Waals surface area contributed by atoms with E-state index < -0.39 is 0 Å². The summed E-state index contributed by atoms with van der Waals surface area (Å²) in [5, 5.41) is 3.00. The van der Waals surface area contributed by atoms with E-state index in [0.29, 0.717) is 23.8 Å². The van der Waals surface area contributed by atoms with Gasteiger partial charge >= 0.3 is 0 Å². The third kappa shape index (κ3) is 5.36. The first kappa shape index (κ1) is 21.8. The van der Waals surface area contributed by atoms with Crippen molar-refractivity contribution >= 4 is 12.0 Å². The fourth-order valence-electron chi connectivity index (χ4n) is 3.75. The van der Waals surface area contributed by atoms with E-state index >= 15 is 0 Å². The second-order valence-corrected chi connectivity index (χ2v) is 7.17. The van der Waals surface area contributed by atoms with Crippen LogP contribution in [0, 0.1) is 0 Å². The average molecular weight is 415 g/mol. The molecule has 1 atom stereocenters. The largest absolute Gasteiger partial charge is 0.493 e. The quantitative estimate of drug-likeness (QED) is 0.632. The number of hydrogen-bond acceptors (Lipinski definition) is 6. The number of nitrogens with one attached hydrogen (secondary N) is 1. The molecule has 162 valence electrons. The van der Waals surface area contributed by atoms with Crippen LogP contribution in [0.4, 0.5) is 0 Å². The summed E-state index contributed by atoms with van der Waals surface area (Å²) in [4.78, 5) is 14.9. The summed E-state index contributed by atoms with van der Waals surface area (Å²) >= 11 is 0. The Bertz CT molecular complexity index is 816. The minimum atomic E-state index is -0.169. The van der Waals surface area contributed by atoms with Crippen LogP contribution >= 0.6 is 0 Å². The molecule has 0 unspecified atom stereocenters. The number of furan rings is 1. The van der Waals surface area contributed by atoms with E-state index in [0.717, 1.165) is 24.4 Å². The molecule has 0 radical (unpaired) electrons. The van der Waals surface area contributed by atoms with E-state index in [1.54, 1.807) is 45.8 Å². The van der Waals surface area contributed by atoms with Gasteiger partial charge in [0.25, 0.3) is 0 Å². The summed E-state index contributed by atoms with van der Waals surface area (Å²) in [6.07, 6.45) is 8.51. The molecule has 1 N–H and O–H groups in total. The van der Waals surface area contributed by atoms with E-state index in [1.165, 1.54) is 25.3 Å². The maximum absolute atomic E-state index is 12.5. The minimum absolute atomic E-state index is 0.0406. The monoisotopic (exact) mass is 414 g/mol. The lowest BCUT2D eigenvalue weighted by molar-refractivity contribution is -0.116. The van der Waals surface area contributed by atoms with Crippen LogP contribution in [-0.2, 0) is 4.79 Å². The number of benzene rings is 1. The maximum Gasteiger partial charge on any atom is 0.244 e. The number of methoxy groups -OCH3 is 3. The zero-order valence-corrected chi connectivity index (χ0v) is 17.8. The minimum Gasteiger partial charge on any atom is -0.493 e. The summed E-state index contributed by atoms with van der Waals surface area (Å²) in [5.74, 6) is 2.31. The summed E-state index contributed by atoms with van der Waals surface area (Å²) in [5.41, 5.74) is 0.776. The van der Waals surface area contributed by atoms with Gasteiger partial charge in [0.2, 0.25) is 11.7 Å². The summed E-state index contributed by atoms with van der Waals surface area (Å²) in [7, 11) is 4.68. The van der Waals surface area contributed by atoms with Gasteiger partial charge in [-0.1, -0.05) is 6.42 Å². The molecule has 1 amide bonds. The molecule has 1 aliphatic heterocycles. The molecule has 7 heteroatoms. The Balaban J connectivity index is 1.66. The van der Waals surface area contributed by atoms with Crippen molar-refractivity contribution in [1.29, 1.82) is 0 Å². The number of ether oxygens (including phenoxy) is 3. The number of likely N-dealkylation sites (tertiary alicyclic amines) is 1. The topological polar surface area (TPSA) is 73.2 Å². The average Bonchev–Trinajstić information content (AvgIpc) is 3.32. The first-order valence-electron chi connectivity index (χ1n) is 10.2. The van der Waals surface area contributed by atoms with Gasteiger partial charge in [-0.2, -0.15) is 0 Å². The fraction of sp³-hybridized carbons (Fsp3) is 0.435. The maximum atomic E-state index is 12.5. The van der Waals surface area contributed by atoms with E-state index in [-0.39, 0.29) is 11.9 Å². The smallest absolute Gasteiger partial charge is 0.244 e. The van der Waals surface area contributed by atoms with E-state index in [2.05, 4.69) is 10.2 Å². The fourth-order valence-corrected chi connectivity index (χ4v) is 3.75. The van der Waals surface area contributed by atoms with Crippen molar-refractivity contribution in [3.8, 4) is 17.2 Å². The molecule has 1 aromatic carbocycles. The van der Waals surface area contributed by atoms with Crippen LogP contribution in [0.5, 0.6) is 17.2 Å². The van der Waals surface area contributed by atoms with Gasteiger partial charge in [0.1, 0.15) is 5.76 Å². The van der Waals surface area contributed by atoms with Crippen molar-refractivity contribution in [2.24, 2.45) is 0 Å². The first-order chi connectivity index (χ1) is 14.7. The van der Waals surface area contributed by atoms with Gasteiger partial charge in [-0.15, -0.1) is 0 Å². The predicted molar refractivity (Wildman–Crippen MR) is 115 cm³/mol. The Labute approximate surface area is 177 Å². The Morgan fingerprint density at radius 1 is 1.13 bits per heavy atom. The number of amides is 1. The molecule has 2 heterocycles. The van der Waals surface area contributed by atoms with Crippen LogP contribution in [0.15, 0.2) is 41.0 Å². The van der Waals surface area contributed by atoms with E-state index in [1.807, 2.05) is 12.1 Å². The van der Waals surface area contributed by atoms with Gasteiger partial charge in [0.05, 0.1) is 33.6 Å². The second kappa shape index (κ2) is 10.7. The van der Waals surface area contributed by atoms with Crippen molar-refractivity contribution < 1.29 is 23.4 Å². The standard InChI is InChI=1S/C23H30N2O5/c1-27-20-14-17(15-21(28-2)23(20)29-3)9-10-22(26)24-16-18(19-8-7-13-30-19)25-11-5-4-6-12-25/h7-10,13-15,18H,4-6,11-12,16H2,1-3H3,(H,24,26)/b10-9+/t18-/m0/s1. The predicted octanol–water partition coefficient (Wildman–Crippen LogP) is 3.66. The van der Waals surface area contributed by atoms with E-state index in [4.69, 9.17) is 18.6 Å². The van der Waals surface area contributed by atoms with Gasteiger partial charge in [0.15, 0.2) is 11.5 Å². The lowest BCUT2D eigenvalue weighted by Crippen LogP contribution is -2.40. The molecule has 7 nitrogen and oxygen atoms in total. The lowest BCUT2D eigenvalue weighted by atomic mass is 10.1. The van der Waals surface area contributed by atoms with Crippen molar-refractivity contribution in [3.63, 3.8) is 0 Å². The normalized spacial score (nSPS) is 15.7.